The van der Waals surface area contributed by atoms with Gasteiger partial charge in [0.1, 0.15) is 5.82 Å². The molecule has 1 heterocycles. The molecule has 1 unspecified atom stereocenters. The molecule has 0 fully saturated rings. The van der Waals surface area contributed by atoms with Crippen LogP contribution < -0.4 is 11.1 Å². The number of anilines is 2. The molecule has 1 aromatic heterocycles. The first-order chi connectivity index (χ1) is 8.38. The van der Waals surface area contributed by atoms with Gasteiger partial charge in [0.05, 0.1) is 5.69 Å². The first-order valence-electron chi connectivity index (χ1n) is 6.20. The molecule has 0 aromatic carbocycles. The third-order valence-corrected chi connectivity index (χ3v) is 3.00. The van der Waals surface area contributed by atoms with Crippen molar-refractivity contribution in [1.29, 1.82) is 0 Å². The van der Waals surface area contributed by atoms with Gasteiger partial charge in [-0.2, -0.15) is 0 Å². The quantitative estimate of drug-likeness (QED) is 0.847. The SMILES string of the molecule is CC(C)CC(CN(C)C)Nc1ncc(Br)cc1N. The number of nitrogens with zero attached hydrogens (tertiary/aromatic N) is 2. The lowest BCUT2D eigenvalue weighted by Crippen LogP contribution is -2.34. The third-order valence-electron chi connectivity index (χ3n) is 2.57. The van der Waals surface area contributed by atoms with E-state index in [1.807, 2.05) is 6.07 Å². The van der Waals surface area contributed by atoms with Gasteiger partial charge in [0.25, 0.3) is 0 Å². The zero-order valence-electron chi connectivity index (χ0n) is 11.6. The fourth-order valence-corrected chi connectivity index (χ4v) is 2.31. The van der Waals surface area contributed by atoms with Crippen molar-refractivity contribution < 1.29 is 0 Å². The van der Waals surface area contributed by atoms with Crippen LogP contribution in [0.4, 0.5) is 11.5 Å². The van der Waals surface area contributed by atoms with E-state index in [1.54, 1.807) is 6.20 Å². The van der Waals surface area contributed by atoms with Gasteiger partial charge in [-0.1, -0.05) is 13.8 Å². The molecule has 0 bridgehead atoms. The minimum Gasteiger partial charge on any atom is -0.396 e. The first kappa shape index (κ1) is 15.2. The van der Waals surface area contributed by atoms with Gasteiger partial charge in [0.15, 0.2) is 0 Å². The van der Waals surface area contributed by atoms with E-state index in [0.29, 0.717) is 17.6 Å². The Morgan fingerprint density at radius 2 is 2.11 bits per heavy atom. The summed E-state index contributed by atoms with van der Waals surface area (Å²) in [5.74, 6) is 1.41. The highest BCUT2D eigenvalue weighted by molar-refractivity contribution is 9.10. The van der Waals surface area contributed by atoms with Crippen LogP contribution >= 0.6 is 15.9 Å². The molecule has 0 saturated heterocycles. The Kier molecular flexibility index (Phi) is 5.88. The lowest BCUT2D eigenvalue weighted by molar-refractivity contribution is 0.356. The maximum absolute atomic E-state index is 5.96. The van der Waals surface area contributed by atoms with E-state index < -0.39 is 0 Å². The molecule has 1 aromatic rings. The zero-order valence-corrected chi connectivity index (χ0v) is 13.2. The number of nitrogens with two attached hydrogens (primary N) is 1. The molecule has 18 heavy (non-hydrogen) atoms. The van der Waals surface area contributed by atoms with Gasteiger partial charge in [-0.15, -0.1) is 0 Å². The van der Waals surface area contributed by atoms with Gasteiger partial charge in [0.2, 0.25) is 0 Å². The Bertz CT molecular complexity index is 369. The third kappa shape index (κ3) is 5.23. The fraction of sp³-hybridized carbons (Fsp3) is 0.615. The Hall–Kier alpha value is -0.810. The predicted octanol–water partition coefficient (Wildman–Crippen LogP) is 2.81. The van der Waals surface area contributed by atoms with E-state index in [-0.39, 0.29) is 0 Å². The van der Waals surface area contributed by atoms with E-state index >= 15 is 0 Å². The van der Waals surface area contributed by atoms with Crippen LogP contribution in [0, 0.1) is 5.92 Å². The number of pyridine rings is 1. The standard InChI is InChI=1S/C13H23BrN4/c1-9(2)5-11(8-18(3)4)17-13-12(15)6-10(14)7-16-13/h6-7,9,11H,5,8,15H2,1-4H3,(H,16,17). The van der Waals surface area contributed by atoms with Gasteiger partial charge < -0.3 is 16.0 Å². The number of hydrogen-bond donors (Lipinski definition) is 2. The molecular weight excluding hydrogens is 292 g/mol. The van der Waals surface area contributed by atoms with Crippen LogP contribution in [0.15, 0.2) is 16.7 Å². The summed E-state index contributed by atoms with van der Waals surface area (Å²) in [5.41, 5.74) is 6.64. The van der Waals surface area contributed by atoms with E-state index in [0.717, 1.165) is 23.3 Å². The average Bonchev–Trinajstić information content (AvgIpc) is 2.20. The summed E-state index contributed by atoms with van der Waals surface area (Å²) >= 11 is 3.36. The topological polar surface area (TPSA) is 54.2 Å². The van der Waals surface area contributed by atoms with Crippen LogP contribution in [-0.2, 0) is 0 Å². The van der Waals surface area contributed by atoms with Crippen molar-refractivity contribution in [3.8, 4) is 0 Å². The second-order valence-corrected chi connectivity index (χ2v) is 6.24. The molecule has 102 valence electrons. The normalized spacial score (nSPS) is 13.1. The highest BCUT2D eigenvalue weighted by atomic mass is 79.9. The maximum Gasteiger partial charge on any atom is 0.149 e. The summed E-state index contributed by atoms with van der Waals surface area (Å²) in [6, 6.07) is 2.23. The van der Waals surface area contributed by atoms with Gasteiger partial charge in [-0.05, 0) is 48.4 Å². The average molecular weight is 315 g/mol. The highest BCUT2D eigenvalue weighted by Gasteiger charge is 2.14. The van der Waals surface area contributed by atoms with Crippen LogP contribution in [0.1, 0.15) is 20.3 Å². The highest BCUT2D eigenvalue weighted by Crippen LogP contribution is 2.21. The van der Waals surface area contributed by atoms with E-state index in [9.17, 15) is 0 Å². The lowest BCUT2D eigenvalue weighted by atomic mass is 10.0. The van der Waals surface area contributed by atoms with Crippen molar-refractivity contribution >= 4 is 27.4 Å². The van der Waals surface area contributed by atoms with Crippen molar-refractivity contribution in [1.82, 2.24) is 9.88 Å². The Morgan fingerprint density at radius 3 is 2.61 bits per heavy atom. The van der Waals surface area contributed by atoms with Crippen LogP contribution in [0.25, 0.3) is 0 Å². The molecule has 1 rings (SSSR count). The molecule has 0 aliphatic rings. The van der Waals surface area contributed by atoms with Crippen LogP contribution in [0.3, 0.4) is 0 Å². The van der Waals surface area contributed by atoms with Gasteiger partial charge in [0, 0.05) is 23.3 Å². The van der Waals surface area contributed by atoms with Crippen molar-refractivity contribution in [3.05, 3.63) is 16.7 Å². The largest absolute Gasteiger partial charge is 0.396 e. The lowest BCUT2D eigenvalue weighted by Gasteiger charge is -2.25. The van der Waals surface area contributed by atoms with Gasteiger partial charge >= 0.3 is 0 Å². The number of aromatic nitrogens is 1. The first-order valence-corrected chi connectivity index (χ1v) is 7.00. The zero-order chi connectivity index (χ0) is 13.7. The molecule has 1 atom stereocenters. The number of nitrogens with one attached hydrogen (secondary N) is 1. The van der Waals surface area contributed by atoms with E-state index in [4.69, 9.17) is 5.73 Å². The summed E-state index contributed by atoms with van der Waals surface area (Å²) in [4.78, 5) is 6.51. The van der Waals surface area contributed by atoms with Crippen molar-refractivity contribution in [2.75, 3.05) is 31.7 Å². The molecule has 0 radical (unpaired) electrons. The van der Waals surface area contributed by atoms with E-state index in [1.165, 1.54) is 0 Å². The van der Waals surface area contributed by atoms with E-state index in [2.05, 4.69) is 59.1 Å². The molecule has 4 nitrogen and oxygen atoms in total. The number of hydrogen-bond acceptors (Lipinski definition) is 4. The van der Waals surface area contributed by atoms with Crippen molar-refractivity contribution in [3.63, 3.8) is 0 Å². The van der Waals surface area contributed by atoms with Crippen LogP contribution in [0.5, 0.6) is 0 Å². The molecule has 0 aliphatic carbocycles. The van der Waals surface area contributed by atoms with Crippen molar-refractivity contribution in [2.24, 2.45) is 5.92 Å². The summed E-state index contributed by atoms with van der Waals surface area (Å²) < 4.78 is 0.901. The Labute approximate surface area is 118 Å². The van der Waals surface area contributed by atoms with Gasteiger partial charge in [-0.25, -0.2) is 4.98 Å². The predicted molar refractivity (Wildman–Crippen MR) is 81.8 cm³/mol. The Morgan fingerprint density at radius 1 is 1.44 bits per heavy atom. The molecule has 0 aliphatic heterocycles. The van der Waals surface area contributed by atoms with Crippen molar-refractivity contribution in [2.45, 2.75) is 26.3 Å². The number of likely N-dealkylation sites (N-methyl/N-ethyl adjacent to an activating group) is 1. The maximum atomic E-state index is 5.96. The fourth-order valence-electron chi connectivity index (χ4n) is 1.96. The molecule has 5 heteroatoms. The Balaban J connectivity index is 2.75. The smallest absolute Gasteiger partial charge is 0.149 e. The summed E-state index contributed by atoms with van der Waals surface area (Å²) in [6.45, 7) is 5.42. The summed E-state index contributed by atoms with van der Waals surface area (Å²) in [5, 5.41) is 3.44. The monoisotopic (exact) mass is 314 g/mol. The summed E-state index contributed by atoms with van der Waals surface area (Å²) in [7, 11) is 4.15. The molecule has 0 saturated carbocycles. The van der Waals surface area contributed by atoms with Gasteiger partial charge in [-0.3, -0.25) is 0 Å². The second-order valence-electron chi connectivity index (χ2n) is 5.32. The van der Waals surface area contributed by atoms with Crippen LogP contribution in [-0.4, -0.2) is 36.6 Å². The molecule has 0 amide bonds. The molecule has 3 N–H and O–H groups in total. The number of halogens is 1. The summed E-state index contributed by atoms with van der Waals surface area (Å²) in [6.07, 6.45) is 2.86. The molecule has 0 spiro atoms. The number of nitrogen functional groups attached to an aromatic ring is 1. The minimum atomic E-state index is 0.357. The van der Waals surface area contributed by atoms with Crippen LogP contribution in [0.2, 0.25) is 0 Å². The molecular formula is C13H23BrN4. The second kappa shape index (κ2) is 6.95. The number of rotatable bonds is 6. The minimum absolute atomic E-state index is 0.357.